The van der Waals surface area contributed by atoms with Gasteiger partial charge in [-0.3, -0.25) is 4.79 Å². The first kappa shape index (κ1) is 30.1. The van der Waals surface area contributed by atoms with Gasteiger partial charge >= 0.3 is 0 Å². The van der Waals surface area contributed by atoms with Crippen LogP contribution in [0.2, 0.25) is 5.02 Å². The molecule has 10 heteroatoms. The number of ether oxygens (including phenoxy) is 2. The maximum atomic E-state index is 14.5. The van der Waals surface area contributed by atoms with Gasteiger partial charge in [-0.2, -0.15) is 0 Å². The number of nitrogens with zero attached hydrogens (tertiary/aromatic N) is 2. The van der Waals surface area contributed by atoms with Crippen molar-refractivity contribution in [3.63, 3.8) is 0 Å². The fraction of sp³-hybridized carbons (Fsp3) is 0.455. The van der Waals surface area contributed by atoms with Gasteiger partial charge in [0, 0.05) is 49.9 Å². The van der Waals surface area contributed by atoms with Crippen molar-refractivity contribution in [2.75, 3.05) is 26.8 Å². The molecule has 2 atom stereocenters. The van der Waals surface area contributed by atoms with E-state index in [9.17, 15) is 9.18 Å². The molecule has 0 spiro atoms. The van der Waals surface area contributed by atoms with Crippen LogP contribution < -0.4 is 20.1 Å². The zero-order chi connectivity index (χ0) is 30.1. The summed E-state index contributed by atoms with van der Waals surface area (Å²) in [6.45, 7) is 6.38. The fourth-order valence-electron chi connectivity index (χ4n) is 6.07. The molecule has 2 aliphatic heterocycles. The molecule has 3 aliphatic rings. The van der Waals surface area contributed by atoms with Crippen LogP contribution in [0, 0.1) is 19.7 Å². The van der Waals surface area contributed by atoms with Crippen LogP contribution in [0.1, 0.15) is 52.3 Å². The smallest absolute Gasteiger partial charge is 0.252 e. The Kier molecular flexibility index (Phi) is 9.05. The number of halogens is 2. The number of carbonyl (C=O) groups is 1. The summed E-state index contributed by atoms with van der Waals surface area (Å²) in [4.78, 5) is 22.3. The normalized spacial score (nSPS) is 19.8. The SMILES string of the molecule is COc1cccc(CN(C(=O)C2=C(c3cnc(CCCOc4c(F)ccc(C)c4Cl)s3)CC3CNCC2N3)C2CC2)c1C. The highest BCUT2D eigenvalue weighted by Gasteiger charge is 2.41. The third-order valence-corrected chi connectivity index (χ3v) is 10.2. The summed E-state index contributed by atoms with van der Waals surface area (Å²) in [7, 11) is 1.68. The third kappa shape index (κ3) is 6.45. The number of methoxy groups -OCH3 is 1. The first-order chi connectivity index (χ1) is 20.8. The van der Waals surface area contributed by atoms with E-state index < -0.39 is 5.82 Å². The lowest BCUT2D eigenvalue weighted by atomic mass is 9.86. The highest BCUT2D eigenvalue weighted by atomic mass is 35.5. The molecular weight excluding hydrogens is 587 g/mol. The van der Waals surface area contributed by atoms with E-state index in [-0.39, 0.29) is 29.8 Å². The summed E-state index contributed by atoms with van der Waals surface area (Å²) in [6, 6.07) is 9.55. The first-order valence-electron chi connectivity index (χ1n) is 15.0. The molecule has 3 aromatic rings. The molecule has 2 fully saturated rings. The van der Waals surface area contributed by atoms with Crippen LogP contribution in [0.3, 0.4) is 0 Å². The minimum Gasteiger partial charge on any atom is -0.496 e. The molecule has 1 aliphatic carbocycles. The minimum atomic E-state index is -0.455. The highest BCUT2D eigenvalue weighted by molar-refractivity contribution is 7.12. The molecule has 43 heavy (non-hydrogen) atoms. The average molecular weight is 625 g/mol. The van der Waals surface area contributed by atoms with Crippen molar-refractivity contribution in [3.8, 4) is 11.5 Å². The number of piperazine rings is 1. The van der Waals surface area contributed by atoms with Crippen LogP contribution in [-0.2, 0) is 17.8 Å². The summed E-state index contributed by atoms with van der Waals surface area (Å²) in [5.74, 6) is 0.603. The zero-order valence-electron chi connectivity index (χ0n) is 24.8. The van der Waals surface area contributed by atoms with Gasteiger partial charge in [0.2, 0.25) is 0 Å². The number of nitrogens with one attached hydrogen (secondary N) is 2. The van der Waals surface area contributed by atoms with Crippen LogP contribution in [0.15, 0.2) is 42.1 Å². The standard InChI is InChI=1S/C33H38ClFN4O3S/c1-19-9-12-25(35)32(31(19)34)42-13-5-8-29-37-17-28(43-29)24-14-22-15-36-16-26(38-22)30(24)33(40)39(23-10-11-23)18-21-6-4-7-27(41-3)20(21)2/h4,6-7,9,12,17,22-23,26,36,38H,5,8,10-11,13-16,18H2,1-3H3. The van der Waals surface area contributed by atoms with Gasteiger partial charge in [0.05, 0.1) is 34.7 Å². The maximum Gasteiger partial charge on any atom is 0.252 e. The van der Waals surface area contributed by atoms with Gasteiger partial charge in [0.15, 0.2) is 11.6 Å². The van der Waals surface area contributed by atoms with E-state index in [2.05, 4.69) is 28.5 Å². The minimum absolute atomic E-state index is 0.0458. The predicted octanol–water partition coefficient (Wildman–Crippen LogP) is 5.85. The van der Waals surface area contributed by atoms with Crippen molar-refractivity contribution in [1.29, 1.82) is 0 Å². The number of hydrogen-bond acceptors (Lipinski definition) is 7. The van der Waals surface area contributed by atoms with Gasteiger partial charge in [0.25, 0.3) is 5.91 Å². The van der Waals surface area contributed by atoms with Crippen molar-refractivity contribution in [2.45, 2.75) is 70.6 Å². The summed E-state index contributed by atoms with van der Waals surface area (Å²) in [5.41, 5.74) is 4.93. The molecule has 1 saturated carbocycles. The van der Waals surface area contributed by atoms with E-state index >= 15 is 0 Å². The number of rotatable bonds is 11. The maximum absolute atomic E-state index is 14.5. The zero-order valence-corrected chi connectivity index (χ0v) is 26.4. The van der Waals surface area contributed by atoms with Crippen molar-refractivity contribution in [2.24, 2.45) is 0 Å². The molecule has 1 saturated heterocycles. The number of aromatic nitrogens is 1. The average Bonchev–Trinajstić information content (AvgIpc) is 3.74. The van der Waals surface area contributed by atoms with Crippen molar-refractivity contribution in [3.05, 3.63) is 79.5 Å². The number of amides is 1. The van der Waals surface area contributed by atoms with Crippen LogP contribution in [0.4, 0.5) is 4.39 Å². The molecule has 1 amide bonds. The molecule has 2 aromatic carbocycles. The lowest BCUT2D eigenvalue weighted by molar-refractivity contribution is -0.128. The van der Waals surface area contributed by atoms with E-state index in [4.69, 9.17) is 26.1 Å². The van der Waals surface area contributed by atoms with Crippen LogP contribution in [0.5, 0.6) is 11.5 Å². The Hall–Kier alpha value is -2.98. The van der Waals surface area contributed by atoms with Crippen LogP contribution in [-0.4, -0.2) is 60.7 Å². The molecule has 2 N–H and O–H groups in total. The number of benzene rings is 2. The Morgan fingerprint density at radius 3 is 2.84 bits per heavy atom. The quantitative estimate of drug-likeness (QED) is 0.261. The Labute approximate surface area is 261 Å². The lowest BCUT2D eigenvalue weighted by Crippen LogP contribution is -2.59. The van der Waals surface area contributed by atoms with Gasteiger partial charge in [-0.1, -0.05) is 29.8 Å². The number of fused-ring (bicyclic) bond motifs is 2. The molecule has 2 unspecified atom stereocenters. The largest absolute Gasteiger partial charge is 0.496 e. The number of aryl methyl sites for hydroxylation is 2. The lowest BCUT2D eigenvalue weighted by Gasteiger charge is -2.40. The van der Waals surface area contributed by atoms with Crippen molar-refractivity contribution >= 4 is 34.4 Å². The van der Waals surface area contributed by atoms with Gasteiger partial charge in [0.1, 0.15) is 5.75 Å². The third-order valence-electron chi connectivity index (χ3n) is 8.61. The predicted molar refractivity (Wildman–Crippen MR) is 168 cm³/mol. The summed E-state index contributed by atoms with van der Waals surface area (Å²) in [6.07, 6.45) is 6.12. The van der Waals surface area contributed by atoms with E-state index in [0.29, 0.717) is 31.0 Å². The van der Waals surface area contributed by atoms with E-state index in [1.54, 1.807) is 24.5 Å². The molecule has 7 nitrogen and oxygen atoms in total. The second-order valence-corrected chi connectivity index (χ2v) is 13.2. The molecule has 0 radical (unpaired) electrons. The summed E-state index contributed by atoms with van der Waals surface area (Å²) >= 11 is 7.89. The molecule has 6 rings (SSSR count). The first-order valence-corrected chi connectivity index (χ1v) is 16.2. The molecular formula is C33H38ClFN4O3S. The van der Waals surface area contributed by atoms with Crippen LogP contribution in [0.25, 0.3) is 5.57 Å². The second-order valence-electron chi connectivity index (χ2n) is 11.7. The van der Waals surface area contributed by atoms with Crippen molar-refractivity contribution in [1.82, 2.24) is 20.5 Å². The Morgan fingerprint density at radius 1 is 1.21 bits per heavy atom. The van der Waals surface area contributed by atoms with Gasteiger partial charge in [-0.25, -0.2) is 9.37 Å². The van der Waals surface area contributed by atoms with Crippen LogP contribution >= 0.6 is 22.9 Å². The Balaban J connectivity index is 1.21. The van der Waals surface area contributed by atoms with E-state index in [1.165, 1.54) is 6.07 Å². The molecule has 228 valence electrons. The number of hydrogen-bond donors (Lipinski definition) is 2. The van der Waals surface area contributed by atoms with Gasteiger partial charge in [-0.05, 0) is 73.9 Å². The molecule has 2 bridgehead atoms. The Morgan fingerprint density at radius 2 is 2.05 bits per heavy atom. The van der Waals surface area contributed by atoms with Gasteiger partial charge in [-0.15, -0.1) is 11.3 Å². The van der Waals surface area contributed by atoms with Crippen molar-refractivity contribution < 1.29 is 18.7 Å². The topological polar surface area (TPSA) is 75.7 Å². The summed E-state index contributed by atoms with van der Waals surface area (Å²) in [5, 5.41) is 8.51. The molecule has 1 aromatic heterocycles. The van der Waals surface area contributed by atoms with Gasteiger partial charge < -0.3 is 25.0 Å². The fourth-order valence-corrected chi connectivity index (χ4v) is 7.30. The summed E-state index contributed by atoms with van der Waals surface area (Å²) < 4.78 is 25.5. The second kappa shape index (κ2) is 12.9. The van der Waals surface area contributed by atoms with E-state index in [1.807, 2.05) is 25.3 Å². The molecule has 3 heterocycles. The highest BCUT2D eigenvalue weighted by Crippen LogP contribution is 2.39. The number of carbonyl (C=O) groups excluding carboxylic acids is 1. The monoisotopic (exact) mass is 624 g/mol. The Bertz CT molecular complexity index is 1540. The van der Waals surface area contributed by atoms with E-state index in [0.717, 1.165) is 75.8 Å². The number of thiazole rings is 1.